The first-order chi connectivity index (χ1) is 18.7. The zero-order valence-electron chi connectivity index (χ0n) is 22.1. The van der Waals surface area contributed by atoms with Gasteiger partial charge in [0.15, 0.2) is 11.5 Å². The summed E-state index contributed by atoms with van der Waals surface area (Å²) in [6, 6.07) is 19.3. The molecular formula is C30H37N3O5. The van der Waals surface area contributed by atoms with E-state index >= 15 is 0 Å². The van der Waals surface area contributed by atoms with Crippen LogP contribution in [0.2, 0.25) is 0 Å². The SMILES string of the molecule is COCCOc1cccc(CNC(=O)CN2CCCCCCOc3ccccc3Oc3ncccc3C2)c1. The van der Waals surface area contributed by atoms with Crippen molar-refractivity contribution >= 4 is 5.91 Å². The number of aromatic nitrogens is 1. The van der Waals surface area contributed by atoms with Gasteiger partial charge in [-0.25, -0.2) is 4.98 Å². The highest BCUT2D eigenvalue weighted by Crippen LogP contribution is 2.32. The summed E-state index contributed by atoms with van der Waals surface area (Å²) >= 11 is 0. The molecule has 0 unspecified atom stereocenters. The average Bonchev–Trinajstić information content (AvgIpc) is 2.93. The molecule has 0 saturated heterocycles. The molecule has 1 amide bonds. The zero-order chi connectivity index (χ0) is 26.4. The van der Waals surface area contributed by atoms with Gasteiger partial charge in [0.1, 0.15) is 12.4 Å². The highest BCUT2D eigenvalue weighted by Gasteiger charge is 2.17. The average molecular weight is 520 g/mol. The van der Waals surface area contributed by atoms with Crippen molar-refractivity contribution in [2.45, 2.75) is 38.8 Å². The van der Waals surface area contributed by atoms with Gasteiger partial charge < -0.3 is 24.3 Å². The Morgan fingerprint density at radius 3 is 2.76 bits per heavy atom. The van der Waals surface area contributed by atoms with Crippen LogP contribution in [-0.2, 0) is 22.6 Å². The number of pyridine rings is 1. The minimum atomic E-state index is -0.0260. The van der Waals surface area contributed by atoms with E-state index in [1.807, 2.05) is 60.7 Å². The summed E-state index contributed by atoms with van der Waals surface area (Å²) in [5, 5.41) is 3.06. The second kappa shape index (κ2) is 15.0. The van der Waals surface area contributed by atoms with Crippen molar-refractivity contribution in [1.82, 2.24) is 15.2 Å². The smallest absolute Gasteiger partial charge is 0.234 e. The number of nitrogens with one attached hydrogen (secondary N) is 1. The molecule has 0 radical (unpaired) electrons. The number of benzene rings is 2. The predicted octanol–water partition coefficient (Wildman–Crippen LogP) is 4.97. The lowest BCUT2D eigenvalue weighted by molar-refractivity contribution is -0.122. The quantitative estimate of drug-likeness (QED) is 0.421. The van der Waals surface area contributed by atoms with E-state index in [2.05, 4.69) is 15.2 Å². The van der Waals surface area contributed by atoms with Gasteiger partial charge in [-0.15, -0.1) is 0 Å². The van der Waals surface area contributed by atoms with Gasteiger partial charge in [0, 0.05) is 32.0 Å². The Bertz CT molecular complexity index is 1160. The van der Waals surface area contributed by atoms with Crippen molar-refractivity contribution in [2.75, 3.05) is 40.0 Å². The summed E-state index contributed by atoms with van der Waals surface area (Å²) < 4.78 is 22.9. The molecule has 38 heavy (non-hydrogen) atoms. The second-order valence-corrected chi connectivity index (χ2v) is 9.26. The minimum absolute atomic E-state index is 0.0260. The molecule has 2 aromatic carbocycles. The molecular weight excluding hydrogens is 482 g/mol. The minimum Gasteiger partial charge on any atom is -0.491 e. The molecule has 0 aliphatic carbocycles. The normalized spacial score (nSPS) is 14.7. The van der Waals surface area contributed by atoms with Crippen LogP contribution in [0.3, 0.4) is 0 Å². The Morgan fingerprint density at radius 2 is 1.87 bits per heavy atom. The van der Waals surface area contributed by atoms with Crippen molar-refractivity contribution in [3.05, 3.63) is 78.0 Å². The third-order valence-corrected chi connectivity index (χ3v) is 6.24. The van der Waals surface area contributed by atoms with E-state index < -0.39 is 0 Å². The van der Waals surface area contributed by atoms with Crippen LogP contribution in [0.4, 0.5) is 0 Å². The Hall–Kier alpha value is -3.62. The molecule has 0 saturated carbocycles. The number of para-hydroxylation sites is 2. The van der Waals surface area contributed by atoms with Gasteiger partial charge in [-0.3, -0.25) is 9.69 Å². The van der Waals surface area contributed by atoms with E-state index in [9.17, 15) is 4.79 Å². The predicted molar refractivity (Wildman–Crippen MR) is 146 cm³/mol. The largest absolute Gasteiger partial charge is 0.491 e. The van der Waals surface area contributed by atoms with E-state index in [-0.39, 0.29) is 12.5 Å². The monoisotopic (exact) mass is 519 g/mol. The topological polar surface area (TPSA) is 82.2 Å². The number of methoxy groups -OCH3 is 1. The van der Waals surface area contributed by atoms with E-state index in [4.69, 9.17) is 18.9 Å². The first kappa shape index (κ1) is 27.4. The number of ether oxygens (including phenoxy) is 4. The third kappa shape index (κ3) is 8.75. The zero-order valence-corrected chi connectivity index (χ0v) is 22.1. The highest BCUT2D eigenvalue weighted by molar-refractivity contribution is 5.78. The van der Waals surface area contributed by atoms with Crippen LogP contribution >= 0.6 is 0 Å². The van der Waals surface area contributed by atoms with Gasteiger partial charge in [0.05, 0.1) is 19.8 Å². The Labute approximate surface area is 224 Å². The lowest BCUT2D eigenvalue weighted by Gasteiger charge is -2.23. The molecule has 3 aromatic rings. The number of rotatable bonds is 8. The molecule has 0 spiro atoms. The van der Waals surface area contributed by atoms with Crippen molar-refractivity contribution in [2.24, 2.45) is 0 Å². The molecule has 1 aliphatic heterocycles. The fourth-order valence-corrected chi connectivity index (χ4v) is 4.27. The number of carbonyl (C=O) groups is 1. The Morgan fingerprint density at radius 1 is 1.00 bits per heavy atom. The van der Waals surface area contributed by atoms with Crippen LogP contribution in [0.25, 0.3) is 0 Å². The lowest BCUT2D eigenvalue weighted by Crippen LogP contribution is -2.37. The van der Waals surface area contributed by atoms with E-state index in [0.717, 1.165) is 49.1 Å². The number of fused-ring (bicyclic) bond motifs is 2. The van der Waals surface area contributed by atoms with Gasteiger partial charge in [-0.05, 0) is 55.3 Å². The lowest BCUT2D eigenvalue weighted by atomic mass is 10.1. The van der Waals surface area contributed by atoms with E-state index in [1.165, 1.54) is 0 Å². The molecule has 0 atom stereocenters. The van der Waals surface area contributed by atoms with Gasteiger partial charge in [-0.2, -0.15) is 0 Å². The van der Waals surface area contributed by atoms with Crippen molar-refractivity contribution in [1.29, 1.82) is 0 Å². The third-order valence-electron chi connectivity index (χ3n) is 6.24. The molecule has 4 rings (SSSR count). The summed E-state index contributed by atoms with van der Waals surface area (Å²) in [7, 11) is 1.65. The highest BCUT2D eigenvalue weighted by atomic mass is 16.5. The number of nitrogens with zero attached hydrogens (tertiary/aromatic N) is 2. The molecule has 8 heteroatoms. The molecule has 1 aliphatic rings. The first-order valence-electron chi connectivity index (χ1n) is 13.2. The van der Waals surface area contributed by atoms with E-state index in [0.29, 0.717) is 50.3 Å². The first-order valence-corrected chi connectivity index (χ1v) is 13.2. The fourth-order valence-electron chi connectivity index (χ4n) is 4.27. The van der Waals surface area contributed by atoms with Crippen molar-refractivity contribution in [3.63, 3.8) is 0 Å². The van der Waals surface area contributed by atoms with Crippen LogP contribution in [0, 0.1) is 0 Å². The Balaban J connectivity index is 1.41. The van der Waals surface area contributed by atoms with Gasteiger partial charge in [0.2, 0.25) is 11.8 Å². The van der Waals surface area contributed by atoms with E-state index in [1.54, 1.807) is 13.3 Å². The molecule has 0 bridgehead atoms. The summed E-state index contributed by atoms with van der Waals surface area (Å²) in [6.45, 7) is 3.75. The molecule has 1 aromatic heterocycles. The molecule has 1 N–H and O–H groups in total. The number of hydrogen-bond donors (Lipinski definition) is 1. The Kier molecular flexibility index (Phi) is 10.8. The maximum atomic E-state index is 13.0. The maximum absolute atomic E-state index is 13.0. The molecule has 0 fully saturated rings. The van der Waals surface area contributed by atoms with Crippen molar-refractivity contribution in [3.8, 4) is 23.1 Å². The number of amides is 1. The van der Waals surface area contributed by atoms with Crippen LogP contribution in [0.15, 0.2) is 66.9 Å². The summed E-state index contributed by atoms with van der Waals surface area (Å²) in [5.41, 5.74) is 1.91. The van der Waals surface area contributed by atoms with Crippen molar-refractivity contribution < 1.29 is 23.7 Å². The summed E-state index contributed by atoms with van der Waals surface area (Å²) in [6.07, 6.45) is 5.84. The fraction of sp³-hybridized carbons (Fsp3) is 0.400. The standard InChI is InChI=1S/C30H37N3O5/c1-35-18-19-36-26-12-8-10-24(20-26)21-32-29(34)23-33-16-6-2-3-7-17-37-27-13-4-5-14-28(27)38-30-25(22-33)11-9-15-31-30/h4-5,8-15,20H,2-3,6-7,16-19,21-23H2,1H3,(H,32,34). The second-order valence-electron chi connectivity index (χ2n) is 9.26. The van der Waals surface area contributed by atoms with Crippen LogP contribution in [-0.4, -0.2) is 55.8 Å². The van der Waals surface area contributed by atoms with Gasteiger partial charge in [0.25, 0.3) is 0 Å². The van der Waals surface area contributed by atoms with Gasteiger partial charge in [-0.1, -0.05) is 43.2 Å². The van der Waals surface area contributed by atoms with Crippen LogP contribution < -0.4 is 19.5 Å². The molecule has 8 nitrogen and oxygen atoms in total. The molecule has 2 heterocycles. The van der Waals surface area contributed by atoms with Crippen LogP contribution in [0.5, 0.6) is 23.1 Å². The number of hydrogen-bond acceptors (Lipinski definition) is 7. The number of carbonyl (C=O) groups excluding carboxylic acids is 1. The maximum Gasteiger partial charge on any atom is 0.234 e. The molecule has 202 valence electrons. The summed E-state index contributed by atoms with van der Waals surface area (Å²) in [4.78, 5) is 19.6. The van der Waals surface area contributed by atoms with Crippen LogP contribution in [0.1, 0.15) is 36.8 Å². The van der Waals surface area contributed by atoms with Gasteiger partial charge >= 0.3 is 0 Å². The summed E-state index contributed by atoms with van der Waals surface area (Å²) in [5.74, 6) is 2.62.